The van der Waals surface area contributed by atoms with E-state index in [2.05, 4.69) is 15.3 Å². The molecule has 0 amide bonds. The molecule has 1 N–H and O–H groups in total. The fourth-order valence-corrected chi connectivity index (χ4v) is 2.29. The SMILES string of the molecule is O=C(O)c1nnn(CC2CCC2)c1-c1cccnc1. The van der Waals surface area contributed by atoms with Crippen molar-refractivity contribution in [2.45, 2.75) is 25.8 Å². The highest BCUT2D eigenvalue weighted by Crippen LogP contribution is 2.30. The highest BCUT2D eigenvalue weighted by atomic mass is 16.4. The molecule has 1 fully saturated rings. The largest absolute Gasteiger partial charge is 0.476 e. The van der Waals surface area contributed by atoms with Gasteiger partial charge >= 0.3 is 5.97 Å². The lowest BCUT2D eigenvalue weighted by molar-refractivity contribution is 0.0691. The normalized spacial score (nSPS) is 15.2. The summed E-state index contributed by atoms with van der Waals surface area (Å²) in [6.45, 7) is 0.727. The molecular weight excluding hydrogens is 244 g/mol. The van der Waals surface area contributed by atoms with E-state index in [1.54, 1.807) is 23.1 Å². The minimum atomic E-state index is -1.06. The summed E-state index contributed by atoms with van der Waals surface area (Å²) in [6, 6.07) is 3.61. The molecular formula is C13H14N4O2. The van der Waals surface area contributed by atoms with E-state index in [9.17, 15) is 9.90 Å². The lowest BCUT2D eigenvalue weighted by atomic mass is 9.85. The van der Waals surface area contributed by atoms with Gasteiger partial charge in [-0.2, -0.15) is 0 Å². The van der Waals surface area contributed by atoms with Crippen molar-refractivity contribution >= 4 is 5.97 Å². The van der Waals surface area contributed by atoms with Gasteiger partial charge in [0.2, 0.25) is 0 Å². The first-order valence-corrected chi connectivity index (χ1v) is 6.33. The molecule has 1 aliphatic carbocycles. The predicted octanol–water partition coefficient (Wildman–Crippen LogP) is 1.84. The van der Waals surface area contributed by atoms with Crippen molar-refractivity contribution in [1.82, 2.24) is 20.0 Å². The number of nitrogens with zero attached hydrogens (tertiary/aromatic N) is 4. The van der Waals surface area contributed by atoms with E-state index >= 15 is 0 Å². The molecule has 0 unspecified atom stereocenters. The maximum atomic E-state index is 11.2. The second-order valence-electron chi connectivity index (χ2n) is 4.81. The van der Waals surface area contributed by atoms with Gasteiger partial charge in [-0.1, -0.05) is 11.6 Å². The van der Waals surface area contributed by atoms with Crippen LogP contribution in [0.15, 0.2) is 24.5 Å². The Kier molecular flexibility index (Phi) is 2.98. The molecule has 0 aliphatic heterocycles. The minimum Gasteiger partial charge on any atom is -0.476 e. The zero-order valence-corrected chi connectivity index (χ0v) is 10.4. The first-order valence-electron chi connectivity index (χ1n) is 6.33. The molecule has 19 heavy (non-hydrogen) atoms. The van der Waals surface area contributed by atoms with Crippen molar-refractivity contribution < 1.29 is 9.90 Å². The first kappa shape index (κ1) is 11.8. The smallest absolute Gasteiger partial charge is 0.358 e. The van der Waals surface area contributed by atoms with Crippen molar-refractivity contribution in [3.05, 3.63) is 30.2 Å². The average molecular weight is 258 g/mol. The third kappa shape index (κ3) is 2.21. The Morgan fingerprint density at radius 2 is 2.32 bits per heavy atom. The van der Waals surface area contributed by atoms with Crippen LogP contribution in [0.2, 0.25) is 0 Å². The van der Waals surface area contributed by atoms with Gasteiger partial charge in [0.25, 0.3) is 0 Å². The highest BCUT2D eigenvalue weighted by molar-refractivity contribution is 5.92. The van der Waals surface area contributed by atoms with Crippen LogP contribution in [-0.4, -0.2) is 31.1 Å². The number of hydrogen-bond acceptors (Lipinski definition) is 4. The van der Waals surface area contributed by atoms with Crippen LogP contribution >= 0.6 is 0 Å². The molecule has 2 aromatic heterocycles. The fraction of sp³-hybridized carbons (Fsp3) is 0.385. The molecule has 1 saturated carbocycles. The number of carboxylic acids is 1. The Labute approximate surface area is 110 Å². The molecule has 2 heterocycles. The molecule has 6 nitrogen and oxygen atoms in total. The van der Waals surface area contributed by atoms with Crippen molar-refractivity contribution in [2.75, 3.05) is 0 Å². The molecule has 2 aromatic rings. The Balaban J connectivity index is 2.02. The van der Waals surface area contributed by atoms with E-state index in [1.165, 1.54) is 19.3 Å². The summed E-state index contributed by atoms with van der Waals surface area (Å²) in [5.74, 6) is -0.475. The Bertz CT molecular complexity index is 590. The van der Waals surface area contributed by atoms with Gasteiger partial charge in [-0.05, 0) is 30.9 Å². The maximum absolute atomic E-state index is 11.2. The highest BCUT2D eigenvalue weighted by Gasteiger charge is 2.24. The standard InChI is InChI=1S/C13H14N4O2/c18-13(19)11-12(10-5-2-6-14-7-10)17(16-15-11)8-9-3-1-4-9/h2,5-7,9H,1,3-4,8H2,(H,18,19). The topological polar surface area (TPSA) is 80.9 Å². The maximum Gasteiger partial charge on any atom is 0.358 e. The first-order chi connectivity index (χ1) is 9.25. The van der Waals surface area contributed by atoms with Crippen molar-refractivity contribution in [3.8, 4) is 11.3 Å². The lowest BCUT2D eigenvalue weighted by Gasteiger charge is -2.25. The third-order valence-electron chi connectivity index (χ3n) is 3.53. The summed E-state index contributed by atoms with van der Waals surface area (Å²) in [5, 5.41) is 17.0. The van der Waals surface area contributed by atoms with E-state index < -0.39 is 5.97 Å². The lowest BCUT2D eigenvalue weighted by Crippen LogP contribution is -2.19. The fourth-order valence-electron chi connectivity index (χ4n) is 2.29. The predicted molar refractivity (Wildman–Crippen MR) is 67.6 cm³/mol. The van der Waals surface area contributed by atoms with E-state index in [-0.39, 0.29) is 5.69 Å². The number of pyridine rings is 1. The number of carboxylic acid groups (broad SMARTS) is 1. The van der Waals surface area contributed by atoms with Gasteiger partial charge in [0, 0.05) is 24.5 Å². The Morgan fingerprint density at radius 1 is 1.47 bits per heavy atom. The molecule has 3 rings (SSSR count). The van der Waals surface area contributed by atoms with E-state index in [0.717, 1.165) is 12.1 Å². The zero-order chi connectivity index (χ0) is 13.2. The van der Waals surface area contributed by atoms with Crippen LogP contribution in [0.1, 0.15) is 29.8 Å². The Hall–Kier alpha value is -2.24. The molecule has 6 heteroatoms. The van der Waals surface area contributed by atoms with E-state index in [0.29, 0.717) is 11.6 Å². The molecule has 0 radical (unpaired) electrons. The summed E-state index contributed by atoms with van der Waals surface area (Å²) in [4.78, 5) is 15.3. The second kappa shape index (κ2) is 4.79. The van der Waals surface area contributed by atoms with Gasteiger partial charge in [-0.15, -0.1) is 5.10 Å². The number of carbonyl (C=O) groups is 1. The van der Waals surface area contributed by atoms with Crippen molar-refractivity contribution in [3.63, 3.8) is 0 Å². The van der Waals surface area contributed by atoms with Gasteiger partial charge in [-0.3, -0.25) is 4.98 Å². The third-order valence-corrected chi connectivity index (χ3v) is 3.53. The van der Waals surface area contributed by atoms with Crippen LogP contribution in [0.4, 0.5) is 0 Å². The average Bonchev–Trinajstić information content (AvgIpc) is 2.78. The van der Waals surface area contributed by atoms with Crippen LogP contribution in [0, 0.1) is 5.92 Å². The summed E-state index contributed by atoms with van der Waals surface area (Å²) in [5.41, 5.74) is 1.28. The summed E-state index contributed by atoms with van der Waals surface area (Å²) < 4.78 is 1.70. The molecule has 0 atom stereocenters. The van der Waals surface area contributed by atoms with Gasteiger partial charge < -0.3 is 5.11 Å². The van der Waals surface area contributed by atoms with E-state index in [1.807, 2.05) is 6.07 Å². The number of aromatic nitrogens is 4. The second-order valence-corrected chi connectivity index (χ2v) is 4.81. The molecule has 0 saturated heterocycles. The van der Waals surface area contributed by atoms with Crippen molar-refractivity contribution in [1.29, 1.82) is 0 Å². The summed E-state index contributed by atoms with van der Waals surface area (Å²) >= 11 is 0. The monoisotopic (exact) mass is 258 g/mol. The van der Waals surface area contributed by atoms with Crippen LogP contribution in [-0.2, 0) is 6.54 Å². The van der Waals surface area contributed by atoms with Crippen molar-refractivity contribution in [2.24, 2.45) is 5.92 Å². The number of rotatable bonds is 4. The Morgan fingerprint density at radius 3 is 2.89 bits per heavy atom. The van der Waals surface area contributed by atoms with Gasteiger partial charge in [-0.25, -0.2) is 9.48 Å². The summed E-state index contributed by atoms with van der Waals surface area (Å²) in [7, 11) is 0. The quantitative estimate of drug-likeness (QED) is 0.904. The van der Waals surface area contributed by atoms with Crippen LogP contribution in [0.5, 0.6) is 0 Å². The number of hydrogen-bond donors (Lipinski definition) is 1. The number of aromatic carboxylic acids is 1. The van der Waals surface area contributed by atoms with Gasteiger partial charge in [0.1, 0.15) is 5.69 Å². The van der Waals surface area contributed by atoms with Gasteiger partial charge in [0.05, 0.1) is 0 Å². The minimum absolute atomic E-state index is 0.00711. The molecule has 98 valence electrons. The molecule has 0 aromatic carbocycles. The van der Waals surface area contributed by atoms with Crippen LogP contribution in [0.25, 0.3) is 11.3 Å². The van der Waals surface area contributed by atoms with E-state index in [4.69, 9.17) is 0 Å². The summed E-state index contributed by atoms with van der Waals surface area (Å²) in [6.07, 6.45) is 6.89. The molecule has 0 spiro atoms. The molecule has 0 bridgehead atoms. The molecule has 1 aliphatic rings. The zero-order valence-electron chi connectivity index (χ0n) is 10.4. The van der Waals surface area contributed by atoms with Crippen LogP contribution < -0.4 is 0 Å². The van der Waals surface area contributed by atoms with Crippen LogP contribution in [0.3, 0.4) is 0 Å². The van der Waals surface area contributed by atoms with Gasteiger partial charge in [0.15, 0.2) is 5.69 Å².